The van der Waals surface area contributed by atoms with Gasteiger partial charge in [-0.15, -0.1) is 0 Å². The van der Waals surface area contributed by atoms with E-state index in [1.165, 1.54) is 0 Å². The molecular formula is C10H9BrIN5O. The standard InChI is InChI=1S/C10H9BrIN5O/c11-7-2-8(12)10(14-4-7)17-5-6(1-9(17)18)3-15-16-13/h2,4,6H,1,3,5H2. The molecule has 1 aromatic heterocycles. The van der Waals surface area contributed by atoms with Gasteiger partial charge >= 0.3 is 0 Å². The van der Waals surface area contributed by atoms with Crippen LogP contribution in [0.3, 0.4) is 0 Å². The van der Waals surface area contributed by atoms with E-state index < -0.39 is 0 Å². The van der Waals surface area contributed by atoms with Crippen molar-refractivity contribution >= 4 is 50.2 Å². The molecule has 0 aliphatic carbocycles. The SMILES string of the molecule is [N-]=[N+]=NCC1CC(=O)N(c2ncc(Br)cc2I)C1. The molecule has 0 aromatic carbocycles. The molecule has 1 atom stereocenters. The van der Waals surface area contributed by atoms with Crippen molar-refractivity contribution in [1.82, 2.24) is 4.98 Å². The molecule has 1 aliphatic rings. The summed E-state index contributed by atoms with van der Waals surface area (Å²) in [6, 6.07) is 1.91. The lowest BCUT2D eigenvalue weighted by molar-refractivity contribution is -0.117. The zero-order valence-electron chi connectivity index (χ0n) is 9.25. The molecule has 2 heterocycles. The molecule has 2 rings (SSSR count). The van der Waals surface area contributed by atoms with Crippen LogP contribution in [0.1, 0.15) is 6.42 Å². The molecule has 1 saturated heterocycles. The Morgan fingerprint density at radius 2 is 2.50 bits per heavy atom. The number of carbonyl (C=O) groups excluding carboxylic acids is 1. The van der Waals surface area contributed by atoms with Crippen LogP contribution in [-0.2, 0) is 4.79 Å². The molecule has 94 valence electrons. The summed E-state index contributed by atoms with van der Waals surface area (Å²) >= 11 is 5.49. The zero-order valence-corrected chi connectivity index (χ0v) is 13.0. The number of hydrogen-bond donors (Lipinski definition) is 0. The van der Waals surface area contributed by atoms with Crippen molar-refractivity contribution in [3.05, 3.63) is 30.7 Å². The number of nitrogens with zero attached hydrogens (tertiary/aromatic N) is 5. The Labute approximate surface area is 126 Å². The van der Waals surface area contributed by atoms with Crippen LogP contribution in [0, 0.1) is 9.49 Å². The molecule has 0 N–H and O–H groups in total. The second-order valence-electron chi connectivity index (χ2n) is 3.95. The Morgan fingerprint density at radius 1 is 1.72 bits per heavy atom. The Bertz CT molecular complexity index is 531. The van der Waals surface area contributed by atoms with Crippen LogP contribution in [0.25, 0.3) is 10.4 Å². The molecule has 0 spiro atoms. The van der Waals surface area contributed by atoms with Gasteiger partial charge in [-0.2, -0.15) is 0 Å². The Morgan fingerprint density at radius 3 is 3.17 bits per heavy atom. The third-order valence-electron chi connectivity index (χ3n) is 2.65. The third-order valence-corrected chi connectivity index (χ3v) is 3.88. The topological polar surface area (TPSA) is 82.0 Å². The zero-order chi connectivity index (χ0) is 13.1. The van der Waals surface area contributed by atoms with Crippen LogP contribution in [0.5, 0.6) is 0 Å². The van der Waals surface area contributed by atoms with E-state index >= 15 is 0 Å². The van der Waals surface area contributed by atoms with E-state index in [4.69, 9.17) is 5.53 Å². The van der Waals surface area contributed by atoms with Gasteiger partial charge in [0.15, 0.2) is 0 Å². The highest BCUT2D eigenvalue weighted by Gasteiger charge is 2.31. The average molecular weight is 422 g/mol. The molecule has 1 aliphatic heterocycles. The largest absolute Gasteiger partial charge is 0.296 e. The first-order valence-electron chi connectivity index (χ1n) is 5.24. The van der Waals surface area contributed by atoms with Crippen molar-refractivity contribution in [3.63, 3.8) is 0 Å². The first-order chi connectivity index (χ1) is 8.61. The van der Waals surface area contributed by atoms with E-state index in [9.17, 15) is 4.79 Å². The lowest BCUT2D eigenvalue weighted by atomic mass is 10.1. The maximum atomic E-state index is 11.9. The third kappa shape index (κ3) is 2.93. The Balaban J connectivity index is 2.18. The molecule has 1 aromatic rings. The van der Waals surface area contributed by atoms with Gasteiger partial charge in [-0.05, 0) is 56.0 Å². The van der Waals surface area contributed by atoms with Crippen LogP contribution in [-0.4, -0.2) is 24.0 Å². The number of rotatable bonds is 3. The van der Waals surface area contributed by atoms with Gasteiger partial charge < -0.3 is 0 Å². The van der Waals surface area contributed by atoms with Crippen molar-refractivity contribution in [1.29, 1.82) is 0 Å². The molecule has 1 unspecified atom stereocenters. The number of amides is 1. The van der Waals surface area contributed by atoms with Crippen LogP contribution in [0.2, 0.25) is 0 Å². The van der Waals surface area contributed by atoms with Crippen LogP contribution in [0.4, 0.5) is 5.82 Å². The minimum atomic E-state index is 0.0286. The second-order valence-corrected chi connectivity index (χ2v) is 6.02. The highest BCUT2D eigenvalue weighted by Crippen LogP contribution is 2.28. The maximum absolute atomic E-state index is 11.9. The molecular weight excluding hydrogens is 413 g/mol. The van der Waals surface area contributed by atoms with Crippen LogP contribution < -0.4 is 4.90 Å². The van der Waals surface area contributed by atoms with Crippen molar-refractivity contribution in [2.45, 2.75) is 6.42 Å². The van der Waals surface area contributed by atoms with Crippen LogP contribution in [0.15, 0.2) is 21.9 Å². The van der Waals surface area contributed by atoms with Gasteiger partial charge in [0.1, 0.15) is 5.82 Å². The van der Waals surface area contributed by atoms with Gasteiger partial charge in [-0.1, -0.05) is 5.11 Å². The fourth-order valence-corrected chi connectivity index (χ4v) is 3.39. The summed E-state index contributed by atoms with van der Waals surface area (Å²) in [4.78, 5) is 20.6. The lowest BCUT2D eigenvalue weighted by Gasteiger charge is -2.16. The second kappa shape index (κ2) is 5.85. The summed E-state index contributed by atoms with van der Waals surface area (Å²) in [5.74, 6) is 0.780. The molecule has 1 fully saturated rings. The predicted molar refractivity (Wildman–Crippen MR) is 79.1 cm³/mol. The molecule has 0 saturated carbocycles. The van der Waals surface area contributed by atoms with Crippen molar-refractivity contribution in [2.24, 2.45) is 11.0 Å². The van der Waals surface area contributed by atoms with E-state index in [1.54, 1.807) is 11.1 Å². The highest BCUT2D eigenvalue weighted by atomic mass is 127. The van der Waals surface area contributed by atoms with Crippen molar-refractivity contribution < 1.29 is 4.79 Å². The van der Waals surface area contributed by atoms with Gasteiger partial charge in [-0.3, -0.25) is 9.69 Å². The Kier molecular flexibility index (Phi) is 4.41. The summed E-state index contributed by atoms with van der Waals surface area (Å²) in [6.45, 7) is 0.911. The van der Waals surface area contributed by atoms with E-state index in [1.807, 2.05) is 6.07 Å². The number of azide groups is 1. The lowest BCUT2D eigenvalue weighted by Crippen LogP contribution is -2.26. The molecule has 6 nitrogen and oxygen atoms in total. The molecule has 1 amide bonds. The predicted octanol–water partition coefficient (Wildman–Crippen LogP) is 3.11. The summed E-state index contributed by atoms with van der Waals surface area (Å²) in [5.41, 5.74) is 8.29. The Hall–Kier alpha value is -0.860. The first-order valence-corrected chi connectivity index (χ1v) is 7.11. The molecule has 0 bridgehead atoms. The number of pyridine rings is 1. The first kappa shape index (κ1) is 13.6. The summed E-state index contributed by atoms with van der Waals surface area (Å²) < 4.78 is 1.80. The van der Waals surface area contributed by atoms with Crippen LogP contribution >= 0.6 is 38.5 Å². The quantitative estimate of drug-likeness (QED) is 0.325. The van der Waals surface area contributed by atoms with Crippen molar-refractivity contribution in [2.75, 3.05) is 18.0 Å². The monoisotopic (exact) mass is 421 g/mol. The van der Waals surface area contributed by atoms with E-state index in [2.05, 4.69) is 53.5 Å². The summed E-state index contributed by atoms with van der Waals surface area (Å²) in [6.07, 6.45) is 2.08. The average Bonchev–Trinajstić information content (AvgIpc) is 2.68. The number of halogens is 2. The number of anilines is 1. The van der Waals surface area contributed by atoms with E-state index in [0.29, 0.717) is 25.3 Å². The van der Waals surface area contributed by atoms with Gasteiger partial charge in [0.25, 0.3) is 0 Å². The fourth-order valence-electron chi connectivity index (χ4n) is 1.87. The van der Waals surface area contributed by atoms with Crippen molar-refractivity contribution in [3.8, 4) is 0 Å². The number of carbonyl (C=O) groups is 1. The maximum Gasteiger partial charge on any atom is 0.228 e. The fraction of sp³-hybridized carbons (Fsp3) is 0.400. The van der Waals surface area contributed by atoms with Gasteiger partial charge in [0.2, 0.25) is 5.91 Å². The number of hydrogen-bond acceptors (Lipinski definition) is 3. The van der Waals surface area contributed by atoms with Gasteiger partial charge in [0.05, 0.1) is 3.57 Å². The number of aromatic nitrogens is 1. The smallest absolute Gasteiger partial charge is 0.228 e. The summed E-state index contributed by atoms with van der Waals surface area (Å²) in [7, 11) is 0. The molecule has 18 heavy (non-hydrogen) atoms. The summed E-state index contributed by atoms with van der Waals surface area (Å²) in [5, 5.41) is 3.52. The van der Waals surface area contributed by atoms with Gasteiger partial charge in [0, 0.05) is 35.1 Å². The highest BCUT2D eigenvalue weighted by molar-refractivity contribution is 14.1. The normalized spacial score (nSPS) is 18.9. The molecule has 0 radical (unpaired) electrons. The minimum Gasteiger partial charge on any atom is -0.296 e. The molecule has 8 heteroatoms. The minimum absolute atomic E-state index is 0.0286. The van der Waals surface area contributed by atoms with E-state index in [0.717, 1.165) is 8.04 Å². The van der Waals surface area contributed by atoms with E-state index in [-0.39, 0.29) is 11.8 Å². The van der Waals surface area contributed by atoms with Gasteiger partial charge in [-0.25, -0.2) is 4.98 Å².